The Morgan fingerprint density at radius 3 is 2.63 bits per heavy atom. The van der Waals surface area contributed by atoms with Gasteiger partial charge in [0.25, 0.3) is 0 Å². The average Bonchev–Trinajstić information content (AvgIpc) is 2.38. The maximum absolute atomic E-state index is 4.65. The normalized spacial score (nSPS) is 10.5. The predicted octanol–water partition coefficient (Wildman–Crippen LogP) is 4.21. The molecule has 1 aromatic carbocycles. The standard InChI is InChI=1S/C15H18BrN3/c1-4-5-11-9-14(17-3)19-15(18-11)12-7-6-10(2)8-13(12)16/h6-9H,4-5H2,1-3H3,(H,17,18,19). The van der Waals surface area contributed by atoms with Crippen LogP contribution < -0.4 is 5.32 Å². The van der Waals surface area contributed by atoms with Crippen molar-refractivity contribution in [3.8, 4) is 11.4 Å². The van der Waals surface area contributed by atoms with E-state index in [0.29, 0.717) is 0 Å². The molecular formula is C15H18BrN3. The summed E-state index contributed by atoms with van der Waals surface area (Å²) in [4.78, 5) is 9.19. The number of benzene rings is 1. The molecule has 0 aliphatic rings. The first-order valence-corrected chi connectivity index (χ1v) is 7.25. The fourth-order valence-electron chi connectivity index (χ4n) is 1.93. The van der Waals surface area contributed by atoms with Gasteiger partial charge in [-0.15, -0.1) is 0 Å². The Kier molecular flexibility index (Phi) is 4.53. The van der Waals surface area contributed by atoms with Gasteiger partial charge in [-0.1, -0.05) is 35.3 Å². The molecule has 1 N–H and O–H groups in total. The van der Waals surface area contributed by atoms with Crippen molar-refractivity contribution < 1.29 is 0 Å². The maximum Gasteiger partial charge on any atom is 0.162 e. The molecule has 100 valence electrons. The van der Waals surface area contributed by atoms with Crippen LogP contribution >= 0.6 is 15.9 Å². The van der Waals surface area contributed by atoms with Gasteiger partial charge in [0, 0.05) is 28.8 Å². The summed E-state index contributed by atoms with van der Waals surface area (Å²) in [5.41, 5.74) is 3.32. The third-order valence-electron chi connectivity index (χ3n) is 2.91. The van der Waals surface area contributed by atoms with Gasteiger partial charge in [-0.3, -0.25) is 0 Å². The number of aryl methyl sites for hydroxylation is 2. The number of nitrogens with zero attached hydrogens (tertiary/aromatic N) is 2. The topological polar surface area (TPSA) is 37.8 Å². The summed E-state index contributed by atoms with van der Waals surface area (Å²) in [5, 5.41) is 3.10. The SMILES string of the molecule is CCCc1cc(NC)nc(-c2ccc(C)cc2Br)n1. The highest BCUT2D eigenvalue weighted by atomic mass is 79.9. The van der Waals surface area contributed by atoms with E-state index < -0.39 is 0 Å². The largest absolute Gasteiger partial charge is 0.373 e. The molecule has 3 nitrogen and oxygen atoms in total. The lowest BCUT2D eigenvalue weighted by atomic mass is 10.1. The molecule has 4 heteroatoms. The lowest BCUT2D eigenvalue weighted by molar-refractivity contribution is 0.876. The monoisotopic (exact) mass is 319 g/mol. The van der Waals surface area contributed by atoms with Gasteiger partial charge in [0.05, 0.1) is 0 Å². The maximum atomic E-state index is 4.65. The van der Waals surface area contributed by atoms with Crippen molar-refractivity contribution in [1.82, 2.24) is 9.97 Å². The lowest BCUT2D eigenvalue weighted by Crippen LogP contribution is -2.01. The van der Waals surface area contributed by atoms with E-state index in [1.165, 1.54) is 5.56 Å². The van der Waals surface area contributed by atoms with Crippen molar-refractivity contribution in [1.29, 1.82) is 0 Å². The van der Waals surface area contributed by atoms with Crippen LogP contribution in [0.25, 0.3) is 11.4 Å². The van der Waals surface area contributed by atoms with Crippen molar-refractivity contribution >= 4 is 21.7 Å². The quantitative estimate of drug-likeness (QED) is 0.917. The summed E-state index contributed by atoms with van der Waals surface area (Å²) in [6, 6.07) is 8.23. The third-order valence-corrected chi connectivity index (χ3v) is 3.56. The number of nitrogens with one attached hydrogen (secondary N) is 1. The minimum atomic E-state index is 0.766. The van der Waals surface area contributed by atoms with Gasteiger partial charge < -0.3 is 5.32 Å². The lowest BCUT2D eigenvalue weighted by Gasteiger charge is -2.09. The Balaban J connectivity index is 2.51. The van der Waals surface area contributed by atoms with E-state index in [1.54, 1.807) is 0 Å². The highest BCUT2D eigenvalue weighted by Crippen LogP contribution is 2.27. The van der Waals surface area contributed by atoms with E-state index in [-0.39, 0.29) is 0 Å². The molecule has 19 heavy (non-hydrogen) atoms. The first kappa shape index (κ1) is 14.0. The molecule has 0 radical (unpaired) electrons. The van der Waals surface area contributed by atoms with Crippen molar-refractivity contribution in [2.24, 2.45) is 0 Å². The first-order valence-electron chi connectivity index (χ1n) is 6.46. The summed E-state index contributed by atoms with van der Waals surface area (Å²) < 4.78 is 1.03. The van der Waals surface area contributed by atoms with Gasteiger partial charge in [0.1, 0.15) is 5.82 Å². The van der Waals surface area contributed by atoms with E-state index in [9.17, 15) is 0 Å². The van der Waals surface area contributed by atoms with E-state index in [1.807, 2.05) is 13.1 Å². The first-order chi connectivity index (χ1) is 9.13. The van der Waals surface area contributed by atoms with E-state index in [4.69, 9.17) is 0 Å². The van der Waals surface area contributed by atoms with Gasteiger partial charge in [0.2, 0.25) is 0 Å². The summed E-state index contributed by atoms with van der Waals surface area (Å²) >= 11 is 3.59. The van der Waals surface area contributed by atoms with Crippen molar-refractivity contribution in [3.05, 3.63) is 40.0 Å². The molecule has 0 saturated heterocycles. The predicted molar refractivity (Wildman–Crippen MR) is 83.4 cm³/mol. The molecule has 0 amide bonds. The van der Waals surface area contributed by atoms with Gasteiger partial charge >= 0.3 is 0 Å². The Hall–Kier alpha value is -1.42. The van der Waals surface area contributed by atoms with Gasteiger partial charge in [-0.2, -0.15) is 0 Å². The van der Waals surface area contributed by atoms with E-state index in [0.717, 1.165) is 40.2 Å². The summed E-state index contributed by atoms with van der Waals surface area (Å²) in [6.45, 7) is 4.23. The molecule has 2 rings (SSSR count). The molecule has 0 fully saturated rings. The number of aromatic nitrogens is 2. The van der Waals surface area contributed by atoms with E-state index >= 15 is 0 Å². The van der Waals surface area contributed by atoms with Gasteiger partial charge in [0.15, 0.2) is 5.82 Å². The van der Waals surface area contributed by atoms with Crippen LogP contribution in [-0.2, 0) is 6.42 Å². The van der Waals surface area contributed by atoms with Crippen molar-refractivity contribution in [2.75, 3.05) is 12.4 Å². The second kappa shape index (κ2) is 6.15. The summed E-state index contributed by atoms with van der Waals surface area (Å²) in [7, 11) is 1.88. The Labute approximate surface area is 122 Å². The van der Waals surface area contributed by atoms with E-state index in [2.05, 4.69) is 63.3 Å². The second-order valence-electron chi connectivity index (χ2n) is 4.55. The molecule has 1 aromatic heterocycles. The molecular weight excluding hydrogens is 302 g/mol. The van der Waals surface area contributed by atoms with Crippen LogP contribution in [0, 0.1) is 6.92 Å². The molecule has 0 aliphatic carbocycles. The highest BCUT2D eigenvalue weighted by molar-refractivity contribution is 9.10. The minimum absolute atomic E-state index is 0.766. The Morgan fingerprint density at radius 2 is 2.00 bits per heavy atom. The van der Waals surface area contributed by atoms with Crippen LogP contribution in [0.1, 0.15) is 24.6 Å². The molecule has 2 aromatic rings. The van der Waals surface area contributed by atoms with Crippen molar-refractivity contribution in [2.45, 2.75) is 26.7 Å². The van der Waals surface area contributed by atoms with Crippen LogP contribution in [-0.4, -0.2) is 17.0 Å². The third kappa shape index (κ3) is 3.32. The van der Waals surface area contributed by atoms with Crippen molar-refractivity contribution in [3.63, 3.8) is 0 Å². The number of halogens is 1. The molecule has 0 atom stereocenters. The molecule has 1 heterocycles. The molecule has 0 saturated carbocycles. The molecule has 0 spiro atoms. The smallest absolute Gasteiger partial charge is 0.162 e. The second-order valence-corrected chi connectivity index (χ2v) is 5.41. The number of rotatable bonds is 4. The minimum Gasteiger partial charge on any atom is -0.373 e. The number of anilines is 1. The molecule has 0 unspecified atom stereocenters. The molecule has 0 bridgehead atoms. The zero-order chi connectivity index (χ0) is 13.8. The fourth-order valence-corrected chi connectivity index (χ4v) is 2.60. The van der Waals surface area contributed by atoms with Gasteiger partial charge in [-0.25, -0.2) is 9.97 Å². The number of hydrogen-bond acceptors (Lipinski definition) is 3. The van der Waals surface area contributed by atoms with Crippen LogP contribution in [0.15, 0.2) is 28.7 Å². The van der Waals surface area contributed by atoms with Gasteiger partial charge in [-0.05, 0) is 31.0 Å². The van der Waals surface area contributed by atoms with Crippen LogP contribution in [0.5, 0.6) is 0 Å². The summed E-state index contributed by atoms with van der Waals surface area (Å²) in [6.07, 6.45) is 2.04. The highest BCUT2D eigenvalue weighted by Gasteiger charge is 2.09. The average molecular weight is 320 g/mol. The zero-order valence-corrected chi connectivity index (χ0v) is 13.1. The van der Waals surface area contributed by atoms with Crippen LogP contribution in [0.4, 0.5) is 5.82 Å². The number of hydrogen-bond donors (Lipinski definition) is 1. The van der Waals surface area contributed by atoms with Crippen LogP contribution in [0.3, 0.4) is 0 Å². The Morgan fingerprint density at radius 1 is 1.21 bits per heavy atom. The summed E-state index contributed by atoms with van der Waals surface area (Å²) in [5.74, 6) is 1.63. The van der Waals surface area contributed by atoms with Crippen LogP contribution in [0.2, 0.25) is 0 Å². The molecule has 0 aliphatic heterocycles. The Bertz CT molecular complexity index is 582. The zero-order valence-electron chi connectivity index (χ0n) is 11.5. The fraction of sp³-hybridized carbons (Fsp3) is 0.333.